The molecule has 0 saturated carbocycles. The van der Waals surface area contributed by atoms with Gasteiger partial charge in [-0.05, 0) is 17.4 Å². The summed E-state index contributed by atoms with van der Waals surface area (Å²) >= 11 is 0. The number of nitrogens with zero attached hydrogens (tertiary/aromatic N) is 1. The highest BCUT2D eigenvalue weighted by Gasteiger charge is 2.00. The van der Waals surface area contributed by atoms with E-state index in [0.717, 1.165) is 6.42 Å². The van der Waals surface area contributed by atoms with Gasteiger partial charge in [-0.2, -0.15) is 11.6 Å². The van der Waals surface area contributed by atoms with Gasteiger partial charge in [-0.25, -0.2) is 0 Å². The molecule has 0 spiro atoms. The van der Waals surface area contributed by atoms with Crippen molar-refractivity contribution in [1.82, 2.24) is 0 Å². The minimum atomic E-state index is -0.631. The molecule has 92 valence electrons. The molecule has 0 amide bonds. The smallest absolute Gasteiger partial charge is 0.158 e. The molecule has 1 rings (SSSR count). The van der Waals surface area contributed by atoms with E-state index in [1.54, 1.807) is 18.2 Å². The highest BCUT2D eigenvalue weighted by Crippen LogP contribution is 2.28. The summed E-state index contributed by atoms with van der Waals surface area (Å²) in [6.45, 7) is 2.61. The van der Waals surface area contributed by atoms with Crippen molar-refractivity contribution in [2.45, 2.75) is 13.3 Å². The maximum atomic E-state index is 10.1. The Hall–Kier alpha value is -2.04. The minimum Gasteiger partial charge on any atom is -0.494 e. The van der Waals surface area contributed by atoms with Gasteiger partial charge in [0, 0.05) is 0 Å². The first-order valence-corrected chi connectivity index (χ1v) is 5.22. The minimum absolute atomic E-state index is 0.553. The van der Waals surface area contributed by atoms with Crippen LogP contribution in [0.25, 0.3) is 6.08 Å². The van der Waals surface area contributed by atoms with Crippen molar-refractivity contribution in [2.24, 2.45) is 0 Å². The number of hydrogen-bond donors (Lipinski definition) is 0. The van der Waals surface area contributed by atoms with Gasteiger partial charge in [0.2, 0.25) is 0 Å². The van der Waals surface area contributed by atoms with Gasteiger partial charge in [-0.15, -0.1) is 6.07 Å². The third-order valence-electron chi connectivity index (χ3n) is 1.99. The van der Waals surface area contributed by atoms with Gasteiger partial charge in [-0.1, -0.05) is 13.0 Å². The van der Waals surface area contributed by atoms with E-state index >= 15 is 0 Å². The van der Waals surface area contributed by atoms with Crippen LogP contribution >= 0.6 is 0 Å². The van der Waals surface area contributed by atoms with E-state index in [9.17, 15) is 10.1 Å². The molecular formula is C12H14NO4-. The molecule has 17 heavy (non-hydrogen) atoms. The summed E-state index contributed by atoms with van der Waals surface area (Å²) in [6.07, 6.45) is 4.16. The van der Waals surface area contributed by atoms with E-state index < -0.39 is 4.92 Å². The van der Waals surface area contributed by atoms with Gasteiger partial charge in [0.05, 0.1) is 13.7 Å². The molecular weight excluding hydrogens is 222 g/mol. The maximum absolute atomic E-state index is 10.1. The molecule has 0 atom stereocenters. The summed E-state index contributed by atoms with van der Waals surface area (Å²) in [6, 6.07) is 5.10. The Bertz CT molecular complexity index is 415. The van der Waals surface area contributed by atoms with Crippen LogP contribution in [-0.4, -0.2) is 18.6 Å². The lowest BCUT2D eigenvalue weighted by Crippen LogP contribution is -1.97. The second-order valence-corrected chi connectivity index (χ2v) is 3.29. The first-order chi connectivity index (χ1) is 8.17. The fourth-order valence-corrected chi connectivity index (χ4v) is 1.23. The molecule has 0 aliphatic carbocycles. The van der Waals surface area contributed by atoms with E-state index in [2.05, 4.69) is 0 Å². The normalized spacial score (nSPS) is 10.5. The van der Waals surface area contributed by atoms with Gasteiger partial charge in [0.15, 0.2) is 5.75 Å². The summed E-state index contributed by atoms with van der Waals surface area (Å²) in [5.74, 6) is 1.19. The molecule has 0 radical (unpaired) electrons. The molecule has 1 aromatic rings. The number of ether oxygens (including phenoxy) is 2. The average molecular weight is 236 g/mol. The van der Waals surface area contributed by atoms with Gasteiger partial charge in [-0.3, -0.25) is 10.1 Å². The van der Waals surface area contributed by atoms with Crippen molar-refractivity contribution in [3.63, 3.8) is 0 Å². The van der Waals surface area contributed by atoms with Crippen LogP contribution in [0.3, 0.4) is 0 Å². The maximum Gasteiger partial charge on any atom is 0.158 e. The van der Waals surface area contributed by atoms with E-state index in [4.69, 9.17) is 9.47 Å². The molecule has 0 unspecified atom stereocenters. The Labute approximate surface area is 99.8 Å². The van der Waals surface area contributed by atoms with Crippen LogP contribution in [0.1, 0.15) is 18.9 Å². The zero-order chi connectivity index (χ0) is 12.7. The molecule has 5 heteroatoms. The Kier molecular flexibility index (Phi) is 5.00. The van der Waals surface area contributed by atoms with Crippen molar-refractivity contribution < 1.29 is 14.4 Å². The van der Waals surface area contributed by atoms with Crippen LogP contribution in [0, 0.1) is 16.3 Å². The molecule has 1 aromatic carbocycles. The molecule has 0 aliphatic heterocycles. The van der Waals surface area contributed by atoms with Gasteiger partial charge < -0.3 is 9.47 Å². The van der Waals surface area contributed by atoms with Crippen LogP contribution in [-0.2, 0) is 0 Å². The first kappa shape index (κ1) is 13.0. The van der Waals surface area contributed by atoms with Gasteiger partial charge in [0.25, 0.3) is 0 Å². The van der Waals surface area contributed by atoms with E-state index in [0.29, 0.717) is 23.7 Å². The van der Waals surface area contributed by atoms with Crippen LogP contribution in [0.15, 0.2) is 18.2 Å². The van der Waals surface area contributed by atoms with Crippen molar-refractivity contribution in [1.29, 1.82) is 0 Å². The van der Waals surface area contributed by atoms with Crippen LogP contribution in [0.4, 0.5) is 0 Å². The second kappa shape index (κ2) is 6.52. The largest absolute Gasteiger partial charge is 0.494 e. The molecule has 5 nitrogen and oxygen atoms in total. The lowest BCUT2D eigenvalue weighted by molar-refractivity contribution is -0.417. The van der Waals surface area contributed by atoms with Crippen LogP contribution in [0.2, 0.25) is 0 Å². The Balaban J connectivity index is 2.87. The summed E-state index contributed by atoms with van der Waals surface area (Å²) in [5.41, 5.74) is 0.641. The van der Waals surface area contributed by atoms with E-state index in [1.165, 1.54) is 13.2 Å². The van der Waals surface area contributed by atoms with Crippen molar-refractivity contribution in [3.05, 3.63) is 40.1 Å². The first-order valence-electron chi connectivity index (χ1n) is 5.22. The lowest BCUT2D eigenvalue weighted by atomic mass is 10.2. The molecule has 0 saturated heterocycles. The third kappa shape index (κ3) is 4.14. The summed E-state index contributed by atoms with van der Waals surface area (Å²) in [7, 11) is 1.53. The van der Waals surface area contributed by atoms with Gasteiger partial charge >= 0.3 is 0 Å². The fourth-order valence-electron chi connectivity index (χ4n) is 1.23. The monoisotopic (exact) mass is 236 g/mol. The average Bonchev–Trinajstić information content (AvgIpc) is 2.34. The SMILES string of the molecule is CCCOc1ccc(C=[C-][N+](=O)[O-])cc1OC. The summed E-state index contributed by atoms with van der Waals surface area (Å²) in [4.78, 5) is 9.51. The molecule has 0 aromatic heterocycles. The number of benzene rings is 1. The highest BCUT2D eigenvalue weighted by molar-refractivity contribution is 5.54. The molecule has 0 bridgehead atoms. The van der Waals surface area contributed by atoms with Crippen molar-refractivity contribution >= 4 is 6.08 Å². The highest BCUT2D eigenvalue weighted by atomic mass is 16.6. The molecule has 0 N–H and O–H groups in total. The molecule has 0 fully saturated rings. The fraction of sp³-hybridized carbons (Fsp3) is 0.333. The van der Waals surface area contributed by atoms with Crippen LogP contribution in [0.5, 0.6) is 11.5 Å². The second-order valence-electron chi connectivity index (χ2n) is 3.29. The number of nitro groups is 1. The Morgan fingerprint density at radius 3 is 2.82 bits per heavy atom. The number of methoxy groups -OCH3 is 1. The van der Waals surface area contributed by atoms with Crippen LogP contribution < -0.4 is 9.47 Å². The van der Waals surface area contributed by atoms with Gasteiger partial charge in [0.1, 0.15) is 11.9 Å². The summed E-state index contributed by atoms with van der Waals surface area (Å²) in [5, 5.41) is 10.1. The molecule has 0 aliphatic rings. The number of hydrogen-bond acceptors (Lipinski definition) is 4. The van der Waals surface area contributed by atoms with Crippen molar-refractivity contribution in [3.8, 4) is 11.5 Å². The van der Waals surface area contributed by atoms with E-state index in [1.807, 2.05) is 13.1 Å². The predicted octanol–water partition coefficient (Wildman–Crippen LogP) is 2.53. The van der Waals surface area contributed by atoms with Crippen molar-refractivity contribution in [2.75, 3.05) is 13.7 Å². The standard InChI is InChI=1S/C12H14NO4/c1-3-8-17-11-5-4-10(6-7-13(14)15)9-12(11)16-2/h4-6,9H,3,8H2,1-2H3/q-1. The van der Waals surface area contributed by atoms with E-state index in [-0.39, 0.29) is 0 Å². The zero-order valence-corrected chi connectivity index (χ0v) is 9.80. The topological polar surface area (TPSA) is 61.6 Å². The third-order valence-corrected chi connectivity index (χ3v) is 1.99. The lowest BCUT2D eigenvalue weighted by Gasteiger charge is -2.13. The number of rotatable bonds is 6. The zero-order valence-electron chi connectivity index (χ0n) is 9.80. The Morgan fingerprint density at radius 2 is 2.24 bits per heavy atom. The quantitative estimate of drug-likeness (QED) is 0.329. The predicted molar refractivity (Wildman–Crippen MR) is 63.5 cm³/mol. The molecule has 0 heterocycles. The summed E-state index contributed by atoms with van der Waals surface area (Å²) < 4.78 is 10.6. The Morgan fingerprint density at radius 1 is 1.47 bits per heavy atom.